The maximum absolute atomic E-state index is 14.8. The van der Waals surface area contributed by atoms with Crippen LogP contribution in [0.1, 0.15) is 55.4 Å². The fourth-order valence-corrected chi connectivity index (χ4v) is 9.07. The Labute approximate surface area is 473 Å². The lowest BCUT2D eigenvalue weighted by atomic mass is 10.00. The van der Waals surface area contributed by atoms with Gasteiger partial charge in [-0.1, -0.05) is 85.6 Å². The van der Waals surface area contributed by atoms with Crippen LogP contribution in [0.5, 0.6) is 0 Å². The lowest BCUT2D eigenvalue weighted by molar-refractivity contribution is -0.136. The number of halogens is 2. The number of nitrogens with zero attached hydrogens (tertiary/aromatic N) is 1. The molecular formula is C54H68Cl2N12O8S2. The third-order valence-electron chi connectivity index (χ3n) is 12.7. The average molecular weight is 1150 g/mol. The van der Waals surface area contributed by atoms with Gasteiger partial charge in [0.05, 0.1) is 6.04 Å². The van der Waals surface area contributed by atoms with Crippen molar-refractivity contribution in [3.8, 4) is 0 Å². The highest BCUT2D eigenvalue weighted by molar-refractivity contribution is 7.80. The number of hydrogen-bond donors (Lipinski definition) is 13. The second-order valence-electron chi connectivity index (χ2n) is 19.0. The summed E-state index contributed by atoms with van der Waals surface area (Å²) in [6.45, 7) is 3.63. The molecule has 3 aromatic carbocycles. The van der Waals surface area contributed by atoms with Gasteiger partial charge in [0.1, 0.15) is 42.3 Å². The van der Waals surface area contributed by atoms with Crippen LogP contribution in [0.15, 0.2) is 104 Å². The van der Waals surface area contributed by atoms with Gasteiger partial charge in [-0.3, -0.25) is 43.3 Å². The summed E-state index contributed by atoms with van der Waals surface area (Å²) >= 11 is 20.6. The van der Waals surface area contributed by atoms with Crippen molar-refractivity contribution in [1.29, 1.82) is 0 Å². The van der Waals surface area contributed by atoms with Crippen LogP contribution >= 0.6 is 48.5 Å². The van der Waals surface area contributed by atoms with Gasteiger partial charge < -0.3 is 59.4 Å². The number of fused-ring (bicyclic) bond motifs is 1. The Balaban J connectivity index is 1.36. The number of unbranched alkanes of at least 4 members (excludes halogenated alkanes) is 1. The van der Waals surface area contributed by atoms with Gasteiger partial charge in [0.25, 0.3) is 0 Å². The molecule has 2 heterocycles. The third-order valence-corrected chi connectivity index (χ3v) is 13.9. The molecule has 0 aliphatic heterocycles. The first kappa shape index (κ1) is 62.2. The molecule has 2 aromatic heterocycles. The number of thiol groups is 2. The van der Waals surface area contributed by atoms with E-state index in [9.17, 15) is 38.4 Å². The first-order chi connectivity index (χ1) is 37.3. The van der Waals surface area contributed by atoms with E-state index in [2.05, 4.69) is 72.4 Å². The molecule has 0 aliphatic rings. The molecule has 0 aliphatic carbocycles. The summed E-state index contributed by atoms with van der Waals surface area (Å²) in [5.41, 5.74) is 21.1. The van der Waals surface area contributed by atoms with Crippen LogP contribution in [-0.4, -0.2) is 124 Å². The maximum atomic E-state index is 14.8. The van der Waals surface area contributed by atoms with Crippen molar-refractivity contribution in [2.24, 2.45) is 23.1 Å². The molecule has 5 rings (SSSR count). The van der Waals surface area contributed by atoms with Gasteiger partial charge >= 0.3 is 0 Å². The molecule has 14 N–H and O–H groups in total. The lowest BCUT2D eigenvalue weighted by Crippen LogP contribution is -2.61. The predicted octanol–water partition coefficient (Wildman–Crippen LogP) is 1.99. The number of primary amides is 1. The largest absolute Gasteiger partial charge is 0.368 e. The van der Waals surface area contributed by atoms with Crippen LogP contribution < -0.4 is 54.4 Å². The lowest BCUT2D eigenvalue weighted by Gasteiger charge is -2.29. The molecule has 5 aromatic rings. The SMILES string of the molecule is CC(C)[C@H](NC(=O)[C@H](CCCCN)NC(=O)[C@@H](Cc1c[nH]c2ccccc12)NC(=O)[C@H](Cc1cccnc1)NC(=O)[C@@H](CS)NC(=O)[C@@H](N)Cc1ccc(Cl)cc1)C(=O)N[C@@H](CS)C(=O)N[C@@H](Cc1ccc(Cl)cc1)C(N)=O. The zero-order chi connectivity index (χ0) is 56.9. The van der Waals surface area contributed by atoms with Crippen LogP contribution in [0.3, 0.4) is 0 Å². The number of aromatic amines is 1. The second kappa shape index (κ2) is 31.0. The molecule has 0 radical (unpaired) electrons. The van der Waals surface area contributed by atoms with Gasteiger partial charge in [-0.25, -0.2) is 0 Å². The minimum absolute atomic E-state index is 0.0451. The van der Waals surface area contributed by atoms with Crippen LogP contribution in [0, 0.1) is 5.92 Å². The van der Waals surface area contributed by atoms with Crippen molar-refractivity contribution < 1.29 is 38.4 Å². The Hall–Kier alpha value is -6.69. The molecule has 0 saturated heterocycles. The number of nitrogens with two attached hydrogens (primary N) is 3. The van der Waals surface area contributed by atoms with E-state index >= 15 is 0 Å². The fourth-order valence-electron chi connectivity index (χ4n) is 8.31. The molecule has 418 valence electrons. The zero-order valence-electron chi connectivity index (χ0n) is 43.2. The Bertz CT molecular complexity index is 2830. The van der Waals surface area contributed by atoms with Crippen molar-refractivity contribution in [1.82, 2.24) is 47.2 Å². The topological polar surface area (TPSA) is 328 Å². The van der Waals surface area contributed by atoms with Crippen LogP contribution in [0.25, 0.3) is 10.9 Å². The Morgan fingerprint density at radius 3 is 1.62 bits per heavy atom. The van der Waals surface area contributed by atoms with Crippen molar-refractivity contribution in [2.75, 3.05) is 18.1 Å². The first-order valence-corrected chi connectivity index (χ1v) is 27.3. The molecule has 8 amide bonds. The Morgan fingerprint density at radius 1 is 0.564 bits per heavy atom. The molecule has 0 spiro atoms. The number of carbonyl (C=O) groups is 8. The van der Waals surface area contributed by atoms with Crippen LogP contribution in [0.4, 0.5) is 0 Å². The minimum atomic E-state index is -1.37. The quantitative estimate of drug-likeness (QED) is 0.0233. The Kier molecular flexibility index (Phi) is 24.7. The standard InChI is InChI=1S/C54H68Cl2N12O8S2/c1-30(2)46(54(76)67-45(29-78)52(74)63-41(47(59)69)23-32-14-18-36(56)19-15-32)68-49(71)40(11-5-6-20-57)62-51(73)43(25-34-27-61-39-10-4-3-9-37(34)39)65-50(72)42(24-33-8-7-21-60-26-33)64-53(75)44(28-77)66-48(70)38(58)22-31-12-16-35(55)17-13-31/h3-4,7-10,12-19,21,26-27,30,38,40-46,61,77-78H,5-6,11,20,22-25,28-29,57-58H2,1-2H3,(H2,59,69)(H,62,73)(H,63,74)(H,64,75)(H,65,72)(H,66,70)(H,67,76)(H,68,71)/t38-,40-,41-,42-,43+,44+,45-,46-/m0/s1. The van der Waals surface area contributed by atoms with Crippen LogP contribution in [0.2, 0.25) is 10.0 Å². The van der Waals surface area contributed by atoms with E-state index in [1.807, 2.05) is 24.3 Å². The molecule has 0 fully saturated rings. The summed E-state index contributed by atoms with van der Waals surface area (Å²) in [5, 5.41) is 20.7. The van der Waals surface area contributed by atoms with Crippen LogP contribution in [-0.2, 0) is 64.0 Å². The summed E-state index contributed by atoms with van der Waals surface area (Å²) in [7, 11) is 0. The van der Waals surface area contributed by atoms with Gasteiger partial charge in [-0.2, -0.15) is 25.3 Å². The number of pyridine rings is 1. The Morgan fingerprint density at radius 2 is 1.06 bits per heavy atom. The second-order valence-corrected chi connectivity index (χ2v) is 20.6. The fraction of sp³-hybridized carbons (Fsp3) is 0.389. The highest BCUT2D eigenvalue weighted by Crippen LogP contribution is 2.20. The minimum Gasteiger partial charge on any atom is -0.368 e. The van der Waals surface area contributed by atoms with E-state index in [4.69, 9.17) is 40.4 Å². The predicted molar refractivity (Wildman–Crippen MR) is 306 cm³/mol. The highest BCUT2D eigenvalue weighted by atomic mass is 35.5. The van der Waals surface area contributed by atoms with Crippen molar-refractivity contribution in [3.63, 3.8) is 0 Å². The zero-order valence-corrected chi connectivity index (χ0v) is 46.5. The molecule has 0 bridgehead atoms. The number of para-hydroxylation sites is 1. The summed E-state index contributed by atoms with van der Waals surface area (Å²) in [6, 6.07) is 14.2. The van der Waals surface area contributed by atoms with Gasteiger partial charge in [-0.05, 0) is 96.8 Å². The number of rotatable bonds is 30. The summed E-state index contributed by atoms with van der Waals surface area (Å²) in [4.78, 5) is 118. The molecular weight excluding hydrogens is 1080 g/mol. The van der Waals surface area contributed by atoms with Gasteiger partial charge in [0.2, 0.25) is 47.3 Å². The molecule has 78 heavy (non-hydrogen) atoms. The normalized spacial score (nSPS) is 14.3. The van der Waals surface area contributed by atoms with E-state index in [-0.39, 0.29) is 50.2 Å². The van der Waals surface area contributed by atoms with E-state index < -0.39 is 102 Å². The number of H-pyrrole nitrogens is 1. The van der Waals surface area contributed by atoms with Gasteiger partial charge in [0, 0.05) is 70.3 Å². The molecule has 0 unspecified atom stereocenters. The molecule has 8 atom stereocenters. The third kappa shape index (κ3) is 19.0. The average Bonchev–Trinajstić information content (AvgIpc) is 3.84. The maximum Gasteiger partial charge on any atom is 0.244 e. The smallest absolute Gasteiger partial charge is 0.244 e. The number of nitrogens with one attached hydrogen (secondary N) is 8. The van der Waals surface area contributed by atoms with Gasteiger partial charge in [-0.15, -0.1) is 0 Å². The number of aromatic nitrogens is 2. The van der Waals surface area contributed by atoms with Crippen molar-refractivity contribution >= 4 is 107 Å². The summed E-state index contributed by atoms with van der Waals surface area (Å²) in [6.07, 6.45) is 5.68. The molecule has 24 heteroatoms. The van der Waals surface area contributed by atoms with Crippen molar-refractivity contribution in [2.45, 2.75) is 107 Å². The van der Waals surface area contributed by atoms with E-state index in [0.29, 0.717) is 39.6 Å². The van der Waals surface area contributed by atoms with Crippen molar-refractivity contribution in [3.05, 3.63) is 136 Å². The van der Waals surface area contributed by atoms with Gasteiger partial charge in [0.15, 0.2) is 0 Å². The monoisotopic (exact) mass is 1150 g/mol. The number of amides is 8. The summed E-state index contributed by atoms with van der Waals surface area (Å²) in [5.74, 6) is -6.93. The first-order valence-electron chi connectivity index (χ1n) is 25.3. The number of benzene rings is 3. The highest BCUT2D eigenvalue weighted by Gasteiger charge is 2.35. The van der Waals surface area contributed by atoms with E-state index in [0.717, 1.165) is 16.5 Å². The summed E-state index contributed by atoms with van der Waals surface area (Å²) < 4.78 is 0. The number of carbonyl (C=O) groups excluding carboxylic acids is 8. The van der Waals surface area contributed by atoms with E-state index in [1.165, 1.54) is 6.20 Å². The number of hydrogen-bond acceptors (Lipinski definition) is 13. The molecule has 0 saturated carbocycles. The molecule has 20 nitrogen and oxygen atoms in total. The van der Waals surface area contributed by atoms with E-state index in [1.54, 1.807) is 86.9 Å².